The van der Waals surface area contributed by atoms with E-state index >= 15 is 0 Å². The number of rotatable bonds is 4. The van der Waals surface area contributed by atoms with Gasteiger partial charge in [0.1, 0.15) is 0 Å². The monoisotopic (exact) mass is 423 g/mol. The second kappa shape index (κ2) is 8.49. The number of urea groups is 1. The predicted molar refractivity (Wildman–Crippen MR) is 118 cm³/mol. The minimum absolute atomic E-state index is 0.0135. The highest BCUT2D eigenvalue weighted by Gasteiger charge is 2.38. The van der Waals surface area contributed by atoms with E-state index in [-0.39, 0.29) is 18.7 Å². The molecule has 0 aliphatic carbocycles. The van der Waals surface area contributed by atoms with Gasteiger partial charge < -0.3 is 25.0 Å². The number of anilines is 1. The van der Waals surface area contributed by atoms with E-state index in [2.05, 4.69) is 10.6 Å². The van der Waals surface area contributed by atoms with Crippen LogP contribution in [-0.4, -0.2) is 36.7 Å². The van der Waals surface area contributed by atoms with Gasteiger partial charge in [-0.2, -0.15) is 0 Å². The van der Waals surface area contributed by atoms with E-state index in [0.717, 1.165) is 28.1 Å². The quantitative estimate of drug-likeness (QED) is 0.780. The molecule has 7 nitrogen and oxygen atoms in total. The molecule has 0 spiro atoms. The fourth-order valence-electron chi connectivity index (χ4n) is 4.03. The minimum Gasteiger partial charge on any atom is -0.454 e. The Morgan fingerprint density at radius 2 is 1.77 bits per heavy atom. The van der Waals surface area contributed by atoms with Crippen LogP contribution in [0.2, 0.25) is 0 Å². The van der Waals surface area contributed by atoms with Crippen molar-refractivity contribution in [2.75, 3.05) is 25.2 Å². The molecule has 2 aliphatic rings. The summed E-state index contributed by atoms with van der Waals surface area (Å²) in [7, 11) is 0. The van der Waals surface area contributed by atoms with Gasteiger partial charge in [0.25, 0.3) is 0 Å². The molecule has 1 fully saturated rings. The number of ether oxygens (including phenoxy) is 2. The Bertz CT molecular complexity index is 996. The number of hydrogen-bond acceptors (Lipinski definition) is 4. The number of likely N-dealkylation sites (tertiary alicyclic amines) is 1. The Hall–Kier alpha value is -3.22. The van der Waals surface area contributed by atoms with Crippen molar-refractivity contribution in [3.8, 4) is 11.5 Å². The lowest BCUT2D eigenvalue weighted by Gasteiger charge is -2.38. The van der Waals surface area contributed by atoms with Crippen molar-refractivity contribution in [3.05, 3.63) is 53.1 Å². The van der Waals surface area contributed by atoms with Crippen LogP contribution in [0.15, 0.2) is 36.4 Å². The third kappa shape index (κ3) is 4.60. The molecule has 2 aliphatic heterocycles. The van der Waals surface area contributed by atoms with E-state index in [1.54, 1.807) is 4.90 Å². The van der Waals surface area contributed by atoms with Crippen molar-refractivity contribution < 1.29 is 19.1 Å². The lowest BCUT2D eigenvalue weighted by Crippen LogP contribution is -2.49. The number of piperidine rings is 1. The van der Waals surface area contributed by atoms with Crippen molar-refractivity contribution in [2.45, 2.75) is 40.2 Å². The van der Waals surface area contributed by atoms with Crippen LogP contribution in [0.25, 0.3) is 0 Å². The molecule has 164 valence electrons. The number of hydrogen-bond donors (Lipinski definition) is 2. The Labute approximate surface area is 182 Å². The highest BCUT2D eigenvalue weighted by molar-refractivity contribution is 5.90. The van der Waals surface area contributed by atoms with Gasteiger partial charge in [-0.05, 0) is 56.0 Å². The first-order chi connectivity index (χ1) is 14.8. The molecule has 1 saturated heterocycles. The number of carbonyl (C=O) groups is 2. The molecule has 0 bridgehead atoms. The maximum absolute atomic E-state index is 12.9. The summed E-state index contributed by atoms with van der Waals surface area (Å²) in [5.41, 5.74) is 3.50. The van der Waals surface area contributed by atoms with Gasteiger partial charge in [-0.15, -0.1) is 0 Å². The van der Waals surface area contributed by atoms with Crippen LogP contribution in [0, 0.1) is 19.3 Å². The summed E-state index contributed by atoms with van der Waals surface area (Å²) >= 11 is 0. The highest BCUT2D eigenvalue weighted by Crippen LogP contribution is 2.34. The molecule has 7 heteroatoms. The van der Waals surface area contributed by atoms with Gasteiger partial charge in [-0.25, -0.2) is 4.79 Å². The van der Waals surface area contributed by atoms with Crippen molar-refractivity contribution in [3.63, 3.8) is 0 Å². The van der Waals surface area contributed by atoms with E-state index in [1.165, 1.54) is 0 Å². The van der Waals surface area contributed by atoms with Gasteiger partial charge in [0.05, 0.1) is 0 Å². The lowest BCUT2D eigenvalue weighted by atomic mass is 9.79. The molecule has 2 heterocycles. The van der Waals surface area contributed by atoms with Crippen molar-refractivity contribution in [1.82, 2.24) is 10.2 Å². The SMILES string of the molecule is Cc1ccc(NC(=O)N2CCC(C)(C(=O)NCc3ccc4c(c3)OCO4)CC2)c(C)c1. The van der Waals surface area contributed by atoms with Gasteiger partial charge >= 0.3 is 6.03 Å². The molecular formula is C24H29N3O4. The van der Waals surface area contributed by atoms with E-state index in [1.807, 2.05) is 57.2 Å². The fourth-order valence-corrected chi connectivity index (χ4v) is 4.03. The van der Waals surface area contributed by atoms with Gasteiger partial charge in [0.15, 0.2) is 11.5 Å². The average molecular weight is 424 g/mol. The maximum Gasteiger partial charge on any atom is 0.321 e. The largest absolute Gasteiger partial charge is 0.454 e. The second-order valence-electron chi connectivity index (χ2n) is 8.67. The summed E-state index contributed by atoms with van der Waals surface area (Å²) in [4.78, 5) is 27.4. The normalized spacial score (nSPS) is 16.7. The number of aryl methyl sites for hydroxylation is 2. The van der Waals surface area contributed by atoms with Gasteiger partial charge in [0, 0.05) is 30.7 Å². The molecule has 0 unspecified atom stereocenters. The molecule has 3 amide bonds. The first-order valence-corrected chi connectivity index (χ1v) is 10.6. The highest BCUT2D eigenvalue weighted by atomic mass is 16.7. The number of benzene rings is 2. The molecule has 0 aromatic heterocycles. The van der Waals surface area contributed by atoms with E-state index in [9.17, 15) is 9.59 Å². The van der Waals surface area contributed by atoms with Crippen LogP contribution in [0.3, 0.4) is 0 Å². The molecule has 2 N–H and O–H groups in total. The summed E-state index contributed by atoms with van der Waals surface area (Å²) in [6.45, 7) is 7.75. The van der Waals surface area contributed by atoms with Gasteiger partial charge in [-0.1, -0.05) is 30.7 Å². The second-order valence-corrected chi connectivity index (χ2v) is 8.67. The summed E-state index contributed by atoms with van der Waals surface area (Å²) in [6.07, 6.45) is 1.25. The van der Waals surface area contributed by atoms with Crippen LogP contribution >= 0.6 is 0 Å². The van der Waals surface area contributed by atoms with Crippen molar-refractivity contribution in [1.29, 1.82) is 0 Å². The summed E-state index contributed by atoms with van der Waals surface area (Å²) in [6, 6.07) is 11.5. The lowest BCUT2D eigenvalue weighted by molar-refractivity contribution is -0.132. The molecule has 2 aromatic carbocycles. The third-order valence-corrected chi connectivity index (χ3v) is 6.22. The Morgan fingerprint density at radius 1 is 1.03 bits per heavy atom. The Kier molecular flexibility index (Phi) is 5.76. The summed E-state index contributed by atoms with van der Waals surface area (Å²) in [5.74, 6) is 1.45. The van der Waals surface area contributed by atoms with Crippen LogP contribution in [0.5, 0.6) is 11.5 Å². The fraction of sp³-hybridized carbons (Fsp3) is 0.417. The zero-order chi connectivity index (χ0) is 22.0. The number of nitrogens with zero attached hydrogens (tertiary/aromatic N) is 1. The zero-order valence-corrected chi connectivity index (χ0v) is 18.3. The van der Waals surface area contributed by atoms with Crippen LogP contribution < -0.4 is 20.1 Å². The predicted octanol–water partition coefficient (Wildman–Crippen LogP) is 3.98. The standard InChI is InChI=1S/C24H29N3O4/c1-16-4-6-19(17(2)12-16)26-23(29)27-10-8-24(3,9-11-27)22(28)25-14-18-5-7-20-21(13-18)31-15-30-20/h4-7,12-13H,8-11,14-15H2,1-3H3,(H,25,28)(H,26,29). The van der Waals surface area contributed by atoms with Gasteiger partial charge in [0.2, 0.25) is 12.7 Å². The molecule has 2 aromatic rings. The average Bonchev–Trinajstić information content (AvgIpc) is 3.22. The number of carbonyl (C=O) groups excluding carboxylic acids is 2. The summed E-state index contributed by atoms with van der Waals surface area (Å²) < 4.78 is 10.7. The molecule has 0 atom stereocenters. The van der Waals surface area contributed by atoms with E-state index in [0.29, 0.717) is 38.2 Å². The Morgan fingerprint density at radius 3 is 2.52 bits per heavy atom. The van der Waals surface area contributed by atoms with Crippen LogP contribution in [0.4, 0.5) is 10.5 Å². The van der Waals surface area contributed by atoms with Crippen LogP contribution in [-0.2, 0) is 11.3 Å². The molecule has 0 saturated carbocycles. The number of amides is 3. The first kappa shape index (κ1) is 21.0. The number of fused-ring (bicyclic) bond motifs is 1. The molecule has 4 rings (SSSR count). The summed E-state index contributed by atoms with van der Waals surface area (Å²) in [5, 5.41) is 6.04. The van der Waals surface area contributed by atoms with E-state index < -0.39 is 5.41 Å². The molecule has 31 heavy (non-hydrogen) atoms. The van der Waals surface area contributed by atoms with E-state index in [4.69, 9.17) is 9.47 Å². The van der Waals surface area contributed by atoms with Gasteiger partial charge in [-0.3, -0.25) is 4.79 Å². The molecule has 0 radical (unpaired) electrons. The zero-order valence-electron chi connectivity index (χ0n) is 18.3. The third-order valence-electron chi connectivity index (χ3n) is 6.22. The van der Waals surface area contributed by atoms with Crippen molar-refractivity contribution in [2.24, 2.45) is 5.41 Å². The molecular weight excluding hydrogens is 394 g/mol. The van der Waals surface area contributed by atoms with Crippen LogP contribution in [0.1, 0.15) is 36.5 Å². The maximum atomic E-state index is 12.9. The number of nitrogens with one attached hydrogen (secondary N) is 2. The Balaban J connectivity index is 1.29. The van der Waals surface area contributed by atoms with Crippen molar-refractivity contribution >= 4 is 17.6 Å². The smallest absolute Gasteiger partial charge is 0.321 e. The minimum atomic E-state index is -0.493. The first-order valence-electron chi connectivity index (χ1n) is 10.6. The topological polar surface area (TPSA) is 79.9 Å².